The van der Waals surface area contributed by atoms with E-state index in [-0.39, 0.29) is 23.7 Å². The third-order valence-corrected chi connectivity index (χ3v) is 4.39. The molecule has 3 aliphatic rings. The number of rotatable bonds is 3. The average Bonchev–Trinajstić information content (AvgIpc) is 2.90. The maximum absolute atomic E-state index is 11.5. The Kier molecular flexibility index (Phi) is 2.72. The monoisotopic (exact) mass is 292 g/mol. The van der Waals surface area contributed by atoms with Gasteiger partial charge in [0.25, 0.3) is 0 Å². The van der Waals surface area contributed by atoms with Crippen LogP contribution in [0.3, 0.4) is 0 Å². The van der Waals surface area contributed by atoms with Gasteiger partial charge in [-0.1, -0.05) is 0 Å². The van der Waals surface area contributed by atoms with Gasteiger partial charge in [-0.3, -0.25) is 9.35 Å². The van der Waals surface area contributed by atoms with Gasteiger partial charge in [-0.05, 0) is 12.8 Å². The third kappa shape index (κ3) is 2.16. The van der Waals surface area contributed by atoms with Crippen molar-refractivity contribution in [2.75, 3.05) is 5.94 Å². The second-order valence-electron chi connectivity index (χ2n) is 5.08. The summed E-state index contributed by atoms with van der Waals surface area (Å²) in [4.78, 5) is 22.8. The Hall–Kier alpha value is -1.35. The minimum Gasteiger partial charge on any atom is -0.458 e. The zero-order valence-electron chi connectivity index (χ0n) is 9.72. The van der Waals surface area contributed by atoms with Gasteiger partial charge in [-0.15, -0.1) is 0 Å². The molecule has 2 saturated carbocycles. The molecule has 0 aromatic carbocycles. The van der Waals surface area contributed by atoms with Gasteiger partial charge in [-0.25, -0.2) is 4.79 Å². The molecule has 1 aliphatic heterocycles. The number of esters is 1. The zero-order valence-corrected chi connectivity index (χ0v) is 10.5. The summed E-state index contributed by atoms with van der Waals surface area (Å²) in [5, 5.41) is 0. The number of carbonyl (C=O) groups is 2. The van der Waals surface area contributed by atoms with Gasteiger partial charge in [0.05, 0.1) is 5.92 Å². The molecule has 3 fully saturated rings. The number of hydrogen-bond acceptors (Lipinski definition) is 7. The van der Waals surface area contributed by atoms with Gasteiger partial charge < -0.3 is 14.2 Å². The molecule has 5 atom stereocenters. The van der Waals surface area contributed by atoms with Crippen molar-refractivity contribution in [3.05, 3.63) is 0 Å². The number of fused-ring (bicyclic) bond motifs is 1. The van der Waals surface area contributed by atoms with Gasteiger partial charge >= 0.3 is 22.2 Å². The van der Waals surface area contributed by atoms with E-state index in [1.165, 1.54) is 0 Å². The highest BCUT2D eigenvalue weighted by Crippen LogP contribution is 2.55. The Morgan fingerprint density at radius 3 is 2.84 bits per heavy atom. The Labute approximate surface area is 108 Å². The van der Waals surface area contributed by atoms with Gasteiger partial charge in [0.15, 0.2) is 0 Å². The Morgan fingerprint density at radius 2 is 2.16 bits per heavy atom. The highest BCUT2D eigenvalue weighted by atomic mass is 32.2. The van der Waals surface area contributed by atoms with E-state index < -0.39 is 34.4 Å². The van der Waals surface area contributed by atoms with Crippen molar-refractivity contribution in [1.82, 2.24) is 0 Å². The number of hydrogen-bond donors (Lipinski definition) is 1. The van der Waals surface area contributed by atoms with Gasteiger partial charge in [0.1, 0.15) is 12.2 Å². The lowest BCUT2D eigenvalue weighted by Gasteiger charge is -2.24. The SMILES string of the molecule is O=C(OCS(=O)(=O)O)OC1C2CC3C(=O)OC1C3C2. The Bertz CT molecular complexity index is 526. The van der Waals surface area contributed by atoms with Crippen molar-refractivity contribution in [2.45, 2.75) is 25.0 Å². The van der Waals surface area contributed by atoms with Crippen LogP contribution >= 0.6 is 0 Å². The van der Waals surface area contributed by atoms with Crippen LogP contribution in [-0.4, -0.2) is 43.2 Å². The fraction of sp³-hybridized carbons (Fsp3) is 0.800. The topological polar surface area (TPSA) is 116 Å². The van der Waals surface area contributed by atoms with E-state index in [1.54, 1.807) is 0 Å². The van der Waals surface area contributed by atoms with Crippen LogP contribution in [0, 0.1) is 17.8 Å². The highest BCUT2D eigenvalue weighted by molar-refractivity contribution is 7.85. The first-order valence-corrected chi connectivity index (χ1v) is 7.45. The molecule has 9 heteroatoms. The first kappa shape index (κ1) is 12.7. The standard InChI is InChI=1S/C10H12O8S/c11-9-6-2-4-1-5(6)8(17-9)7(4)18-10(12)16-3-19(13,14)15/h4-8H,1-3H2,(H,13,14,15). The number of carbonyl (C=O) groups excluding carboxylic acids is 2. The van der Waals surface area contributed by atoms with Crippen LogP contribution in [0.15, 0.2) is 0 Å². The molecule has 1 saturated heterocycles. The van der Waals surface area contributed by atoms with Crippen molar-refractivity contribution in [3.8, 4) is 0 Å². The molecule has 2 bridgehead atoms. The first-order chi connectivity index (χ1) is 8.85. The Balaban J connectivity index is 1.60. The molecule has 0 aromatic rings. The van der Waals surface area contributed by atoms with Crippen LogP contribution in [0.4, 0.5) is 4.79 Å². The number of ether oxygens (including phenoxy) is 3. The predicted octanol–water partition coefficient (Wildman–Crippen LogP) is -0.0651. The molecule has 3 rings (SSSR count). The summed E-state index contributed by atoms with van der Waals surface area (Å²) in [7, 11) is -4.39. The second kappa shape index (κ2) is 4.07. The zero-order chi connectivity index (χ0) is 13.8. The molecule has 2 aliphatic carbocycles. The molecule has 8 nitrogen and oxygen atoms in total. The molecule has 1 N–H and O–H groups in total. The quantitative estimate of drug-likeness (QED) is 0.567. The molecular weight excluding hydrogens is 280 g/mol. The molecule has 0 spiro atoms. The van der Waals surface area contributed by atoms with Crippen LogP contribution in [0.25, 0.3) is 0 Å². The molecule has 0 radical (unpaired) electrons. The van der Waals surface area contributed by atoms with Crippen LogP contribution in [-0.2, 0) is 29.1 Å². The molecule has 19 heavy (non-hydrogen) atoms. The Morgan fingerprint density at radius 1 is 1.42 bits per heavy atom. The van der Waals surface area contributed by atoms with E-state index in [0.717, 1.165) is 6.42 Å². The van der Waals surface area contributed by atoms with Crippen LogP contribution < -0.4 is 0 Å². The lowest BCUT2D eigenvalue weighted by Crippen LogP contribution is -2.36. The van der Waals surface area contributed by atoms with E-state index in [2.05, 4.69) is 4.74 Å². The highest BCUT2D eigenvalue weighted by Gasteiger charge is 2.63. The fourth-order valence-corrected chi connectivity index (χ4v) is 3.58. The van der Waals surface area contributed by atoms with E-state index in [1.807, 2.05) is 0 Å². The molecule has 0 aromatic heterocycles. The maximum atomic E-state index is 11.5. The van der Waals surface area contributed by atoms with Crippen LogP contribution in [0.5, 0.6) is 0 Å². The van der Waals surface area contributed by atoms with E-state index >= 15 is 0 Å². The fourth-order valence-electron chi connectivity index (χ4n) is 3.33. The van der Waals surface area contributed by atoms with E-state index in [4.69, 9.17) is 14.0 Å². The molecule has 106 valence electrons. The van der Waals surface area contributed by atoms with Gasteiger partial charge in [-0.2, -0.15) is 8.42 Å². The maximum Gasteiger partial charge on any atom is 0.509 e. The van der Waals surface area contributed by atoms with Gasteiger partial charge in [0, 0.05) is 11.8 Å². The average molecular weight is 292 g/mol. The summed E-state index contributed by atoms with van der Waals surface area (Å²) in [6.07, 6.45) is -0.834. The van der Waals surface area contributed by atoms with Crippen LogP contribution in [0.1, 0.15) is 12.8 Å². The summed E-state index contributed by atoms with van der Waals surface area (Å²) < 4.78 is 43.7. The summed E-state index contributed by atoms with van der Waals surface area (Å²) in [5.74, 6) is -1.38. The summed E-state index contributed by atoms with van der Waals surface area (Å²) >= 11 is 0. The van der Waals surface area contributed by atoms with Crippen molar-refractivity contribution in [3.63, 3.8) is 0 Å². The van der Waals surface area contributed by atoms with Crippen molar-refractivity contribution in [1.29, 1.82) is 0 Å². The summed E-state index contributed by atoms with van der Waals surface area (Å²) in [6, 6.07) is 0. The minimum absolute atomic E-state index is 0.0460. The normalized spacial score (nSPS) is 39.2. The smallest absolute Gasteiger partial charge is 0.458 e. The molecular formula is C10H12O8S. The lowest BCUT2D eigenvalue weighted by atomic mass is 9.88. The van der Waals surface area contributed by atoms with Crippen molar-refractivity contribution in [2.24, 2.45) is 17.8 Å². The largest absolute Gasteiger partial charge is 0.509 e. The second-order valence-corrected chi connectivity index (χ2v) is 6.48. The molecule has 0 amide bonds. The van der Waals surface area contributed by atoms with Crippen LogP contribution in [0.2, 0.25) is 0 Å². The van der Waals surface area contributed by atoms with Crippen molar-refractivity contribution >= 4 is 22.2 Å². The molecule has 1 heterocycles. The summed E-state index contributed by atoms with van der Waals surface area (Å²) in [5.41, 5.74) is 0. The van der Waals surface area contributed by atoms with E-state index in [0.29, 0.717) is 6.42 Å². The lowest BCUT2D eigenvalue weighted by molar-refractivity contribution is -0.146. The summed E-state index contributed by atoms with van der Waals surface area (Å²) in [6.45, 7) is 0. The third-order valence-electron chi connectivity index (χ3n) is 3.97. The minimum atomic E-state index is -4.39. The van der Waals surface area contributed by atoms with Gasteiger partial charge in [0.2, 0.25) is 5.94 Å². The first-order valence-electron chi connectivity index (χ1n) is 5.84. The molecule has 5 unspecified atom stereocenters. The van der Waals surface area contributed by atoms with Crippen molar-refractivity contribution < 1.29 is 36.8 Å². The predicted molar refractivity (Wildman–Crippen MR) is 57.4 cm³/mol. The van der Waals surface area contributed by atoms with E-state index in [9.17, 15) is 18.0 Å².